The summed E-state index contributed by atoms with van der Waals surface area (Å²) in [6.07, 6.45) is 7.38. The third kappa shape index (κ3) is 4.80. The molecule has 2 heterocycles. The first-order valence-electron chi connectivity index (χ1n) is 5.80. The molecule has 22 heavy (non-hydrogen) atoms. The quantitative estimate of drug-likeness (QED) is 0.518. The zero-order valence-electron chi connectivity index (χ0n) is 11.7. The van der Waals surface area contributed by atoms with Gasteiger partial charge in [-0.1, -0.05) is 0 Å². The maximum absolute atomic E-state index is 11.8. The van der Waals surface area contributed by atoms with E-state index < -0.39 is 15.6 Å². The normalized spacial score (nSPS) is 17.9. The van der Waals surface area contributed by atoms with Gasteiger partial charge >= 0.3 is 21.7 Å². The standard InChI is InChI=1S/C9H14N4O.CHF3O3S/c1-10-3-5-12(7-10)9(14)13-6-4-11(2)8-13;2-1(3,4)8(5,6)7/h3-6H,7-8H2,1-2H3;(H,5,6,7). The van der Waals surface area contributed by atoms with E-state index in [1.807, 2.05) is 36.3 Å². The van der Waals surface area contributed by atoms with Crippen LogP contribution in [0.15, 0.2) is 24.8 Å². The zero-order valence-corrected chi connectivity index (χ0v) is 12.5. The largest absolute Gasteiger partial charge is 0.522 e. The molecule has 0 saturated heterocycles. The Labute approximate surface area is 125 Å². The predicted octanol–water partition coefficient (Wildman–Crippen LogP) is 0.853. The molecule has 0 unspecified atom stereocenters. The summed E-state index contributed by atoms with van der Waals surface area (Å²) in [6.45, 7) is 1.26. The van der Waals surface area contributed by atoms with Crippen molar-refractivity contribution in [1.82, 2.24) is 19.6 Å². The van der Waals surface area contributed by atoms with Crippen molar-refractivity contribution in [2.75, 3.05) is 27.4 Å². The highest BCUT2D eigenvalue weighted by Crippen LogP contribution is 2.20. The first-order valence-corrected chi connectivity index (χ1v) is 7.24. The van der Waals surface area contributed by atoms with Crippen LogP contribution in [0.4, 0.5) is 18.0 Å². The summed E-state index contributed by atoms with van der Waals surface area (Å²) in [6, 6.07) is 0.0196. The second kappa shape index (κ2) is 6.44. The zero-order chi connectivity index (χ0) is 17.1. The van der Waals surface area contributed by atoms with Crippen LogP contribution in [0.5, 0.6) is 0 Å². The minimum atomic E-state index is -5.84. The molecule has 0 saturated carbocycles. The summed E-state index contributed by atoms with van der Waals surface area (Å²) in [5.74, 6) is 0. The van der Waals surface area contributed by atoms with E-state index in [0.717, 1.165) is 0 Å². The Morgan fingerprint density at radius 2 is 1.32 bits per heavy atom. The number of hydrogen-bond donors (Lipinski definition) is 1. The van der Waals surface area contributed by atoms with Crippen molar-refractivity contribution in [3.8, 4) is 0 Å². The number of alkyl halides is 3. The first-order chi connectivity index (χ1) is 9.91. The molecule has 2 amide bonds. The van der Waals surface area contributed by atoms with Gasteiger partial charge in [-0.05, 0) is 0 Å². The van der Waals surface area contributed by atoms with Gasteiger partial charge < -0.3 is 9.80 Å². The maximum Gasteiger partial charge on any atom is 0.522 e. The number of halogens is 3. The van der Waals surface area contributed by atoms with Gasteiger partial charge in [-0.2, -0.15) is 21.6 Å². The molecular formula is C10H15F3N4O4S. The fourth-order valence-corrected chi connectivity index (χ4v) is 1.47. The van der Waals surface area contributed by atoms with Crippen molar-refractivity contribution < 1.29 is 30.9 Å². The SMILES string of the molecule is CN1C=CN(C(=O)N2C=CN(C)C2)C1.O=S(=O)(O)C(F)(F)F. The van der Waals surface area contributed by atoms with E-state index >= 15 is 0 Å². The van der Waals surface area contributed by atoms with Gasteiger partial charge in [0.15, 0.2) is 0 Å². The van der Waals surface area contributed by atoms with Gasteiger partial charge in [0.1, 0.15) is 0 Å². The van der Waals surface area contributed by atoms with Crippen LogP contribution >= 0.6 is 0 Å². The molecule has 0 spiro atoms. The van der Waals surface area contributed by atoms with Crippen LogP contribution in [0.3, 0.4) is 0 Å². The smallest absolute Gasteiger partial charge is 0.361 e. The predicted molar refractivity (Wildman–Crippen MR) is 70.2 cm³/mol. The van der Waals surface area contributed by atoms with Gasteiger partial charge in [-0.15, -0.1) is 0 Å². The van der Waals surface area contributed by atoms with Crippen LogP contribution in [-0.2, 0) is 10.1 Å². The Bertz CT molecular complexity index is 547. The van der Waals surface area contributed by atoms with E-state index in [9.17, 15) is 18.0 Å². The minimum Gasteiger partial charge on any atom is -0.361 e. The Balaban J connectivity index is 0.000000261. The van der Waals surface area contributed by atoms with E-state index in [2.05, 4.69) is 0 Å². The number of rotatable bonds is 0. The lowest BCUT2D eigenvalue weighted by Crippen LogP contribution is -2.39. The average Bonchev–Trinajstić information content (AvgIpc) is 2.95. The summed E-state index contributed by atoms with van der Waals surface area (Å²) < 4.78 is 57.5. The number of urea groups is 1. The maximum atomic E-state index is 11.8. The van der Waals surface area contributed by atoms with Gasteiger partial charge in [0.2, 0.25) is 0 Å². The molecular weight excluding hydrogens is 329 g/mol. The van der Waals surface area contributed by atoms with Crippen LogP contribution in [0.1, 0.15) is 0 Å². The van der Waals surface area contributed by atoms with E-state index in [1.165, 1.54) is 0 Å². The topological polar surface area (TPSA) is 84.4 Å². The number of nitrogens with zero attached hydrogens (tertiary/aromatic N) is 4. The third-order valence-electron chi connectivity index (χ3n) is 2.54. The number of hydrogen-bond acceptors (Lipinski definition) is 5. The van der Waals surface area contributed by atoms with E-state index in [4.69, 9.17) is 13.0 Å². The van der Waals surface area contributed by atoms with Gasteiger partial charge in [0, 0.05) is 38.9 Å². The van der Waals surface area contributed by atoms with Crippen LogP contribution in [0.2, 0.25) is 0 Å². The molecule has 1 N–H and O–H groups in total. The van der Waals surface area contributed by atoms with Crippen molar-refractivity contribution in [3.05, 3.63) is 24.8 Å². The lowest BCUT2D eigenvalue weighted by Gasteiger charge is -2.22. The lowest BCUT2D eigenvalue weighted by atomic mass is 10.6. The molecule has 0 aromatic heterocycles. The van der Waals surface area contributed by atoms with Crippen molar-refractivity contribution in [2.45, 2.75) is 5.51 Å². The van der Waals surface area contributed by atoms with Gasteiger partial charge in [0.05, 0.1) is 13.3 Å². The van der Waals surface area contributed by atoms with Crippen LogP contribution in [0, 0.1) is 0 Å². The highest BCUT2D eigenvalue weighted by Gasteiger charge is 2.44. The molecule has 0 aromatic carbocycles. The molecule has 12 heteroatoms. The number of carbonyl (C=O) groups excluding carboxylic acids is 1. The summed E-state index contributed by atoms with van der Waals surface area (Å²) in [5.41, 5.74) is -5.53. The molecule has 0 bridgehead atoms. The van der Waals surface area contributed by atoms with Crippen molar-refractivity contribution >= 4 is 16.1 Å². The molecule has 8 nitrogen and oxygen atoms in total. The Hall–Kier alpha value is -1.95. The molecule has 126 valence electrons. The van der Waals surface area contributed by atoms with Crippen molar-refractivity contribution in [3.63, 3.8) is 0 Å². The second-order valence-electron chi connectivity index (χ2n) is 4.54. The molecule has 0 radical (unpaired) electrons. The Morgan fingerprint density at radius 3 is 1.50 bits per heavy atom. The van der Waals surface area contributed by atoms with E-state index in [0.29, 0.717) is 13.3 Å². The second-order valence-corrected chi connectivity index (χ2v) is 5.95. The van der Waals surface area contributed by atoms with Crippen LogP contribution in [-0.4, -0.2) is 71.5 Å². The van der Waals surface area contributed by atoms with Gasteiger partial charge in [0.25, 0.3) is 0 Å². The first kappa shape index (κ1) is 18.1. The molecule has 0 aromatic rings. The van der Waals surface area contributed by atoms with Crippen LogP contribution < -0.4 is 0 Å². The third-order valence-corrected chi connectivity index (χ3v) is 3.12. The molecule has 2 rings (SSSR count). The molecule has 2 aliphatic heterocycles. The van der Waals surface area contributed by atoms with E-state index in [1.54, 1.807) is 22.2 Å². The van der Waals surface area contributed by atoms with Gasteiger partial charge in [-0.25, -0.2) is 4.79 Å². The average molecular weight is 344 g/mol. The van der Waals surface area contributed by atoms with E-state index in [-0.39, 0.29) is 6.03 Å². The summed E-state index contributed by atoms with van der Waals surface area (Å²) in [5, 5.41) is 0. The monoisotopic (exact) mass is 344 g/mol. The summed E-state index contributed by atoms with van der Waals surface area (Å²) in [4.78, 5) is 19.1. The molecule has 0 aliphatic carbocycles. The minimum absolute atomic E-state index is 0.0196. The molecule has 0 fully saturated rings. The molecule has 0 atom stereocenters. The van der Waals surface area contributed by atoms with Gasteiger partial charge in [-0.3, -0.25) is 14.4 Å². The molecule has 2 aliphatic rings. The Kier molecular flexibility index (Phi) is 5.30. The van der Waals surface area contributed by atoms with Crippen molar-refractivity contribution in [1.29, 1.82) is 0 Å². The van der Waals surface area contributed by atoms with Crippen LogP contribution in [0.25, 0.3) is 0 Å². The lowest BCUT2D eigenvalue weighted by molar-refractivity contribution is -0.0510. The van der Waals surface area contributed by atoms with Crippen molar-refractivity contribution in [2.24, 2.45) is 0 Å². The Morgan fingerprint density at radius 1 is 1.00 bits per heavy atom. The number of carbonyl (C=O) groups is 1. The fourth-order valence-electron chi connectivity index (χ4n) is 1.47. The highest BCUT2D eigenvalue weighted by atomic mass is 32.2. The summed E-state index contributed by atoms with van der Waals surface area (Å²) in [7, 11) is -1.96. The fraction of sp³-hybridized carbons (Fsp3) is 0.500. The number of amides is 2. The summed E-state index contributed by atoms with van der Waals surface area (Å²) >= 11 is 0. The highest BCUT2D eigenvalue weighted by molar-refractivity contribution is 7.86.